The molecule has 0 amide bonds. The minimum absolute atomic E-state index is 0.456. The summed E-state index contributed by atoms with van der Waals surface area (Å²) in [5, 5.41) is 8.88. The third kappa shape index (κ3) is 2.17. The van der Waals surface area contributed by atoms with Crippen molar-refractivity contribution in [2.24, 2.45) is 5.92 Å². The maximum atomic E-state index is 12.0. The molecular formula is C8H11ClF2O. The van der Waals surface area contributed by atoms with Gasteiger partial charge in [-0.1, -0.05) is 24.4 Å². The van der Waals surface area contributed by atoms with Crippen molar-refractivity contribution < 1.29 is 13.9 Å². The van der Waals surface area contributed by atoms with Crippen molar-refractivity contribution in [3.05, 3.63) is 11.1 Å². The first-order valence-electron chi connectivity index (χ1n) is 4.01. The Balaban J connectivity index is 2.66. The molecule has 0 bridgehead atoms. The Labute approximate surface area is 75.0 Å². The van der Waals surface area contributed by atoms with Crippen molar-refractivity contribution in [1.82, 2.24) is 0 Å². The van der Waals surface area contributed by atoms with E-state index in [-0.39, 0.29) is 0 Å². The Bertz CT molecular complexity index is 189. The van der Waals surface area contributed by atoms with Crippen molar-refractivity contribution in [2.75, 3.05) is 0 Å². The third-order valence-electron chi connectivity index (χ3n) is 2.24. The van der Waals surface area contributed by atoms with Gasteiger partial charge in [0.25, 0.3) is 6.08 Å². The molecule has 0 aromatic rings. The Kier molecular flexibility index (Phi) is 3.47. The van der Waals surface area contributed by atoms with Gasteiger partial charge in [-0.05, 0) is 12.8 Å². The minimum atomic E-state index is -1.86. The smallest absolute Gasteiger partial charge is 0.285 e. The summed E-state index contributed by atoms with van der Waals surface area (Å²) in [5.41, 5.74) is 0. The highest BCUT2D eigenvalue weighted by Gasteiger charge is 2.28. The normalized spacial score (nSPS) is 30.0. The summed E-state index contributed by atoms with van der Waals surface area (Å²) in [4.78, 5) is 0. The second-order valence-electron chi connectivity index (χ2n) is 3.07. The highest BCUT2D eigenvalue weighted by Crippen LogP contribution is 2.34. The van der Waals surface area contributed by atoms with E-state index in [1.165, 1.54) is 0 Å². The fourth-order valence-corrected chi connectivity index (χ4v) is 1.80. The molecule has 1 fully saturated rings. The molecule has 1 aliphatic carbocycles. The number of rotatable bonds is 1. The Morgan fingerprint density at radius 3 is 2.33 bits per heavy atom. The molecule has 0 aliphatic heterocycles. The Hall–Kier alpha value is -0.150. The molecule has 1 aliphatic rings. The van der Waals surface area contributed by atoms with E-state index in [1.807, 2.05) is 0 Å². The molecule has 1 N–H and O–H groups in total. The highest BCUT2D eigenvalue weighted by molar-refractivity contribution is 6.30. The minimum Gasteiger partial charge on any atom is -0.392 e. The van der Waals surface area contributed by atoms with E-state index in [2.05, 4.69) is 0 Å². The Morgan fingerprint density at radius 1 is 1.25 bits per heavy atom. The first-order valence-corrected chi connectivity index (χ1v) is 4.39. The molecule has 2 atom stereocenters. The molecule has 0 spiro atoms. The van der Waals surface area contributed by atoms with Gasteiger partial charge in [-0.25, -0.2) is 0 Å². The largest absolute Gasteiger partial charge is 0.392 e. The fourth-order valence-electron chi connectivity index (χ4n) is 1.55. The van der Waals surface area contributed by atoms with Crippen LogP contribution in [-0.4, -0.2) is 11.2 Å². The lowest BCUT2D eigenvalue weighted by Gasteiger charge is -2.26. The predicted molar refractivity (Wildman–Crippen MR) is 43.1 cm³/mol. The van der Waals surface area contributed by atoms with Crippen molar-refractivity contribution >= 4 is 11.6 Å². The average Bonchev–Trinajstić information content (AvgIpc) is 2.04. The monoisotopic (exact) mass is 196 g/mol. The molecule has 70 valence electrons. The van der Waals surface area contributed by atoms with Gasteiger partial charge in [-0.3, -0.25) is 0 Å². The van der Waals surface area contributed by atoms with Crippen molar-refractivity contribution in [3.8, 4) is 0 Å². The zero-order valence-corrected chi connectivity index (χ0v) is 7.32. The molecule has 1 rings (SSSR count). The lowest BCUT2D eigenvalue weighted by atomic mass is 9.86. The molecule has 2 unspecified atom stereocenters. The average molecular weight is 197 g/mol. The van der Waals surface area contributed by atoms with E-state index in [4.69, 9.17) is 11.6 Å². The van der Waals surface area contributed by atoms with Crippen LogP contribution in [0.2, 0.25) is 0 Å². The van der Waals surface area contributed by atoms with Crippen molar-refractivity contribution in [1.29, 1.82) is 0 Å². The number of aliphatic hydroxyl groups excluding tert-OH is 1. The summed E-state index contributed by atoms with van der Waals surface area (Å²) in [6, 6.07) is 0. The number of halogens is 3. The van der Waals surface area contributed by atoms with E-state index in [1.54, 1.807) is 0 Å². The molecule has 0 saturated heterocycles. The summed E-state index contributed by atoms with van der Waals surface area (Å²) in [6.07, 6.45) is 0.363. The maximum absolute atomic E-state index is 12.0. The Morgan fingerprint density at radius 2 is 1.83 bits per heavy atom. The molecule has 0 heterocycles. The van der Waals surface area contributed by atoms with Crippen molar-refractivity contribution in [2.45, 2.75) is 31.8 Å². The van der Waals surface area contributed by atoms with Crippen molar-refractivity contribution in [3.63, 3.8) is 0 Å². The van der Waals surface area contributed by atoms with Crippen LogP contribution in [0.4, 0.5) is 8.78 Å². The van der Waals surface area contributed by atoms with E-state index < -0.39 is 23.1 Å². The van der Waals surface area contributed by atoms with Crippen LogP contribution in [0.3, 0.4) is 0 Å². The van der Waals surface area contributed by atoms with Crippen LogP contribution in [0.5, 0.6) is 0 Å². The fraction of sp³-hybridized carbons (Fsp3) is 0.750. The van der Waals surface area contributed by atoms with Gasteiger partial charge in [-0.2, -0.15) is 8.78 Å². The standard InChI is InChI=1S/C8H11ClF2O/c9-7(8(10)11)5-3-1-2-4-6(5)12/h5-6,12H,1-4H2. The summed E-state index contributed by atoms with van der Waals surface area (Å²) < 4.78 is 24.0. The first kappa shape index (κ1) is 9.93. The van der Waals surface area contributed by atoms with E-state index >= 15 is 0 Å². The van der Waals surface area contributed by atoms with Gasteiger partial charge in [0.15, 0.2) is 0 Å². The molecule has 0 aromatic heterocycles. The van der Waals surface area contributed by atoms with Gasteiger partial charge in [-0.15, -0.1) is 0 Å². The third-order valence-corrected chi connectivity index (χ3v) is 2.66. The lowest BCUT2D eigenvalue weighted by Crippen LogP contribution is -2.24. The molecule has 0 radical (unpaired) electrons. The van der Waals surface area contributed by atoms with Crippen LogP contribution in [0, 0.1) is 5.92 Å². The summed E-state index contributed by atoms with van der Waals surface area (Å²) >= 11 is 5.36. The molecule has 1 saturated carbocycles. The van der Waals surface area contributed by atoms with Crippen LogP contribution in [0.15, 0.2) is 11.1 Å². The van der Waals surface area contributed by atoms with Crippen LogP contribution in [0.25, 0.3) is 0 Å². The zero-order valence-electron chi connectivity index (χ0n) is 6.56. The number of aliphatic hydroxyl groups is 1. The van der Waals surface area contributed by atoms with Gasteiger partial charge in [0.2, 0.25) is 0 Å². The lowest BCUT2D eigenvalue weighted by molar-refractivity contribution is 0.0882. The molecule has 12 heavy (non-hydrogen) atoms. The molecule has 4 heteroatoms. The molecule has 1 nitrogen and oxygen atoms in total. The predicted octanol–water partition coefficient (Wildman–Crippen LogP) is 2.88. The first-order chi connectivity index (χ1) is 5.63. The maximum Gasteiger partial charge on any atom is 0.285 e. The van der Waals surface area contributed by atoms with Crippen LogP contribution >= 0.6 is 11.6 Å². The van der Waals surface area contributed by atoms with Gasteiger partial charge < -0.3 is 5.11 Å². The second kappa shape index (κ2) is 4.19. The summed E-state index contributed by atoms with van der Waals surface area (Å²) in [5.74, 6) is -0.537. The van der Waals surface area contributed by atoms with Gasteiger partial charge in [0.05, 0.1) is 11.1 Å². The van der Waals surface area contributed by atoms with E-state index in [0.29, 0.717) is 12.8 Å². The summed E-state index contributed by atoms with van der Waals surface area (Å²) in [7, 11) is 0. The van der Waals surface area contributed by atoms with E-state index in [9.17, 15) is 13.9 Å². The highest BCUT2D eigenvalue weighted by atomic mass is 35.5. The van der Waals surface area contributed by atoms with Gasteiger partial charge >= 0.3 is 0 Å². The van der Waals surface area contributed by atoms with E-state index in [0.717, 1.165) is 12.8 Å². The van der Waals surface area contributed by atoms with Crippen LogP contribution < -0.4 is 0 Å². The van der Waals surface area contributed by atoms with Crippen LogP contribution in [-0.2, 0) is 0 Å². The molecular weight excluding hydrogens is 186 g/mol. The number of hydrogen-bond acceptors (Lipinski definition) is 1. The SMILES string of the molecule is OC1CCCCC1C(Cl)=C(F)F. The zero-order chi connectivity index (χ0) is 9.14. The quantitative estimate of drug-likeness (QED) is 0.684. The molecule has 0 aromatic carbocycles. The van der Waals surface area contributed by atoms with Crippen LogP contribution in [0.1, 0.15) is 25.7 Å². The number of hydrogen-bond donors (Lipinski definition) is 1. The van der Waals surface area contributed by atoms with Gasteiger partial charge in [0.1, 0.15) is 0 Å². The summed E-state index contributed by atoms with van der Waals surface area (Å²) in [6.45, 7) is 0. The van der Waals surface area contributed by atoms with Gasteiger partial charge in [0, 0.05) is 5.92 Å². The second-order valence-corrected chi connectivity index (χ2v) is 3.47. The topological polar surface area (TPSA) is 20.2 Å².